The Morgan fingerprint density at radius 1 is 1.33 bits per heavy atom. The summed E-state index contributed by atoms with van der Waals surface area (Å²) in [4.78, 5) is 11.1. The zero-order valence-electron chi connectivity index (χ0n) is 10.8. The van der Waals surface area contributed by atoms with Gasteiger partial charge in [0, 0.05) is 23.8 Å². The van der Waals surface area contributed by atoms with Gasteiger partial charge in [-0.3, -0.25) is 0 Å². The van der Waals surface area contributed by atoms with Crippen molar-refractivity contribution in [3.8, 4) is 0 Å². The zero-order chi connectivity index (χ0) is 12.5. The predicted molar refractivity (Wildman–Crippen MR) is 71.7 cm³/mol. The number of ether oxygens (including phenoxy) is 1. The van der Waals surface area contributed by atoms with Gasteiger partial charge >= 0.3 is 0 Å². The molecule has 0 atom stereocenters. The summed E-state index contributed by atoms with van der Waals surface area (Å²) in [5.74, 6) is 0. The summed E-state index contributed by atoms with van der Waals surface area (Å²) >= 11 is 0. The lowest BCUT2D eigenvalue weighted by Gasteiger charge is -2.29. The Bertz CT molecular complexity index is 568. The largest absolute Gasteiger partial charge is 0.361 e. The van der Waals surface area contributed by atoms with Gasteiger partial charge in [-0.25, -0.2) is 9.97 Å². The molecule has 1 aliphatic heterocycles. The number of hydrogen-bond acceptors (Lipinski definition) is 4. The lowest BCUT2D eigenvalue weighted by atomic mass is 10.1. The first-order valence-corrected chi connectivity index (χ1v) is 6.34. The van der Waals surface area contributed by atoms with E-state index in [-0.39, 0.29) is 0 Å². The highest BCUT2D eigenvalue weighted by Gasteiger charge is 2.21. The Morgan fingerprint density at radius 3 is 3.06 bits per heavy atom. The fourth-order valence-corrected chi connectivity index (χ4v) is 2.40. The molecule has 94 valence electrons. The van der Waals surface area contributed by atoms with Crippen molar-refractivity contribution in [2.75, 3.05) is 18.2 Å². The second-order valence-electron chi connectivity index (χ2n) is 4.86. The van der Waals surface area contributed by atoms with Crippen LogP contribution in [0.3, 0.4) is 0 Å². The van der Waals surface area contributed by atoms with Crippen LogP contribution < -0.4 is 4.90 Å². The SMILES string of the molecule is CC(C)N1COCCc2cnc3ncccc3c21. The van der Waals surface area contributed by atoms with Gasteiger partial charge in [0.25, 0.3) is 0 Å². The molecule has 0 fully saturated rings. The molecule has 3 rings (SSSR count). The van der Waals surface area contributed by atoms with Crippen LogP contribution in [0.2, 0.25) is 0 Å². The number of rotatable bonds is 1. The van der Waals surface area contributed by atoms with Crippen molar-refractivity contribution in [3.05, 3.63) is 30.1 Å². The molecule has 4 nitrogen and oxygen atoms in total. The maximum absolute atomic E-state index is 5.68. The predicted octanol–water partition coefficient (Wildman–Crippen LogP) is 2.37. The van der Waals surface area contributed by atoms with E-state index in [0.29, 0.717) is 12.8 Å². The first-order chi connectivity index (χ1) is 8.77. The third-order valence-electron chi connectivity index (χ3n) is 3.35. The average molecular weight is 243 g/mol. The van der Waals surface area contributed by atoms with Crippen LogP contribution in [0.25, 0.3) is 11.0 Å². The van der Waals surface area contributed by atoms with Crippen molar-refractivity contribution in [2.45, 2.75) is 26.3 Å². The van der Waals surface area contributed by atoms with Gasteiger partial charge in [-0.05, 0) is 38.0 Å². The molecule has 0 amide bonds. The maximum Gasteiger partial charge on any atom is 0.161 e. The van der Waals surface area contributed by atoms with E-state index >= 15 is 0 Å². The van der Waals surface area contributed by atoms with Crippen molar-refractivity contribution in [1.82, 2.24) is 9.97 Å². The molecule has 2 aromatic rings. The van der Waals surface area contributed by atoms with E-state index in [2.05, 4.69) is 34.8 Å². The smallest absolute Gasteiger partial charge is 0.161 e. The lowest BCUT2D eigenvalue weighted by molar-refractivity contribution is 0.139. The van der Waals surface area contributed by atoms with E-state index in [0.717, 1.165) is 24.1 Å². The first kappa shape index (κ1) is 11.4. The van der Waals surface area contributed by atoms with E-state index in [1.165, 1.54) is 11.3 Å². The molecule has 2 aromatic heterocycles. The third kappa shape index (κ3) is 1.82. The zero-order valence-corrected chi connectivity index (χ0v) is 10.8. The highest BCUT2D eigenvalue weighted by molar-refractivity contribution is 5.91. The minimum atomic E-state index is 0.396. The van der Waals surface area contributed by atoms with Gasteiger partial charge in [-0.1, -0.05) is 0 Å². The van der Waals surface area contributed by atoms with Gasteiger partial charge in [0.05, 0.1) is 12.3 Å². The number of fused-ring (bicyclic) bond motifs is 3. The van der Waals surface area contributed by atoms with Gasteiger partial charge in [-0.15, -0.1) is 0 Å². The summed E-state index contributed by atoms with van der Waals surface area (Å²) in [5.41, 5.74) is 3.30. The fourth-order valence-electron chi connectivity index (χ4n) is 2.40. The molecule has 0 aliphatic carbocycles. The molecule has 3 heterocycles. The number of nitrogens with zero attached hydrogens (tertiary/aromatic N) is 3. The molecule has 1 aliphatic rings. The van der Waals surface area contributed by atoms with Crippen LogP contribution in [0.4, 0.5) is 5.69 Å². The van der Waals surface area contributed by atoms with Crippen molar-refractivity contribution in [2.24, 2.45) is 0 Å². The molecule has 4 heteroatoms. The van der Waals surface area contributed by atoms with Crippen LogP contribution in [0.1, 0.15) is 19.4 Å². The second-order valence-corrected chi connectivity index (χ2v) is 4.86. The van der Waals surface area contributed by atoms with Crippen molar-refractivity contribution in [1.29, 1.82) is 0 Å². The van der Waals surface area contributed by atoms with Crippen molar-refractivity contribution < 1.29 is 4.74 Å². The molecule has 0 radical (unpaired) electrons. The summed E-state index contributed by atoms with van der Waals surface area (Å²) in [7, 11) is 0. The standard InChI is InChI=1S/C14H17N3O/c1-10(2)17-9-18-7-5-11-8-16-14-12(13(11)17)4-3-6-15-14/h3-4,6,8,10H,5,7,9H2,1-2H3. The van der Waals surface area contributed by atoms with E-state index in [1.54, 1.807) is 6.20 Å². The monoisotopic (exact) mass is 243 g/mol. The summed E-state index contributed by atoms with van der Waals surface area (Å²) in [6.07, 6.45) is 4.64. The van der Waals surface area contributed by atoms with Crippen molar-refractivity contribution >= 4 is 16.7 Å². The molecule has 0 saturated carbocycles. The maximum atomic E-state index is 5.68. The Morgan fingerprint density at radius 2 is 2.22 bits per heavy atom. The normalized spacial score (nSPS) is 15.8. The van der Waals surface area contributed by atoms with Crippen LogP contribution in [-0.2, 0) is 11.2 Å². The van der Waals surface area contributed by atoms with Crippen LogP contribution in [-0.4, -0.2) is 29.3 Å². The van der Waals surface area contributed by atoms with E-state index in [1.807, 2.05) is 12.3 Å². The summed E-state index contributed by atoms with van der Waals surface area (Å²) in [6.45, 7) is 5.75. The van der Waals surface area contributed by atoms with Crippen LogP contribution in [0.15, 0.2) is 24.5 Å². The van der Waals surface area contributed by atoms with Crippen LogP contribution in [0, 0.1) is 0 Å². The minimum absolute atomic E-state index is 0.396. The minimum Gasteiger partial charge on any atom is -0.361 e. The van der Waals surface area contributed by atoms with Gasteiger partial charge in [-0.2, -0.15) is 0 Å². The Hall–Kier alpha value is -1.68. The average Bonchev–Trinajstić information content (AvgIpc) is 2.61. The Balaban J connectivity index is 2.26. The molecular weight excluding hydrogens is 226 g/mol. The number of pyridine rings is 2. The van der Waals surface area contributed by atoms with Crippen molar-refractivity contribution in [3.63, 3.8) is 0 Å². The molecule has 0 spiro atoms. The highest BCUT2D eigenvalue weighted by Crippen LogP contribution is 2.31. The second kappa shape index (κ2) is 4.53. The van der Waals surface area contributed by atoms with Gasteiger partial charge in [0.2, 0.25) is 0 Å². The quantitative estimate of drug-likeness (QED) is 0.770. The van der Waals surface area contributed by atoms with Crippen LogP contribution in [0.5, 0.6) is 0 Å². The molecule has 0 N–H and O–H groups in total. The first-order valence-electron chi connectivity index (χ1n) is 6.34. The molecule has 0 unspecified atom stereocenters. The fraction of sp³-hybridized carbons (Fsp3) is 0.429. The Kier molecular flexibility index (Phi) is 2.88. The highest BCUT2D eigenvalue weighted by atomic mass is 16.5. The molecule has 0 bridgehead atoms. The number of hydrogen-bond donors (Lipinski definition) is 0. The van der Waals surface area contributed by atoms with E-state index in [9.17, 15) is 0 Å². The number of aromatic nitrogens is 2. The lowest BCUT2D eigenvalue weighted by Crippen LogP contribution is -2.32. The third-order valence-corrected chi connectivity index (χ3v) is 3.35. The summed E-state index contributed by atoms with van der Waals surface area (Å²) in [6, 6.07) is 4.45. The van der Waals surface area contributed by atoms with Gasteiger partial charge in [0.1, 0.15) is 6.73 Å². The van der Waals surface area contributed by atoms with Gasteiger partial charge < -0.3 is 9.64 Å². The topological polar surface area (TPSA) is 38.2 Å². The number of anilines is 1. The van der Waals surface area contributed by atoms with E-state index in [4.69, 9.17) is 4.74 Å². The molecule has 0 saturated heterocycles. The summed E-state index contributed by atoms with van der Waals surface area (Å²) < 4.78 is 5.68. The molecular formula is C14H17N3O. The van der Waals surface area contributed by atoms with E-state index < -0.39 is 0 Å². The van der Waals surface area contributed by atoms with Gasteiger partial charge in [0.15, 0.2) is 5.65 Å². The summed E-state index contributed by atoms with van der Waals surface area (Å²) in [5, 5.41) is 1.12. The Labute approximate surface area is 107 Å². The molecule has 0 aromatic carbocycles. The molecule has 18 heavy (non-hydrogen) atoms. The van der Waals surface area contributed by atoms with Crippen LogP contribution >= 0.6 is 0 Å².